The molecular formula is C7H10N2O4. The third-order valence-electron chi connectivity index (χ3n) is 1.71. The third kappa shape index (κ3) is 2.43. The number of carbonyl (C=O) groups is 3. The van der Waals surface area contributed by atoms with Gasteiger partial charge in [0.2, 0.25) is 5.91 Å². The molecule has 0 saturated carbocycles. The van der Waals surface area contributed by atoms with E-state index < -0.39 is 17.9 Å². The van der Waals surface area contributed by atoms with Crippen molar-refractivity contribution >= 4 is 17.9 Å². The number of rotatable bonds is 3. The summed E-state index contributed by atoms with van der Waals surface area (Å²) in [7, 11) is 0. The van der Waals surface area contributed by atoms with E-state index in [1.54, 1.807) is 0 Å². The molecule has 0 bridgehead atoms. The van der Waals surface area contributed by atoms with E-state index in [4.69, 9.17) is 5.11 Å². The number of amides is 3. The second kappa shape index (κ2) is 3.88. The van der Waals surface area contributed by atoms with Crippen molar-refractivity contribution in [3.8, 4) is 0 Å². The van der Waals surface area contributed by atoms with Gasteiger partial charge in [0.05, 0.1) is 6.42 Å². The topological polar surface area (TPSA) is 86.7 Å². The van der Waals surface area contributed by atoms with Crippen LogP contribution < -0.4 is 5.32 Å². The van der Waals surface area contributed by atoms with Crippen LogP contribution in [0, 0.1) is 0 Å². The van der Waals surface area contributed by atoms with Gasteiger partial charge in [0, 0.05) is 19.5 Å². The molecule has 1 fully saturated rings. The Balaban J connectivity index is 2.39. The van der Waals surface area contributed by atoms with Crippen molar-refractivity contribution in [3.63, 3.8) is 0 Å². The normalized spacial score (nSPS) is 15.7. The fraction of sp³-hybridized carbons (Fsp3) is 0.571. The summed E-state index contributed by atoms with van der Waals surface area (Å²) in [6.07, 6.45) is -0.356. The number of nitrogens with one attached hydrogen (secondary N) is 1. The Morgan fingerprint density at radius 3 is 2.62 bits per heavy atom. The lowest BCUT2D eigenvalue weighted by Gasteiger charge is -2.10. The molecule has 0 aromatic heterocycles. The first-order chi connectivity index (χ1) is 6.11. The summed E-state index contributed by atoms with van der Waals surface area (Å²) in [6, 6.07) is -0.435. The lowest BCUT2D eigenvalue weighted by Crippen LogP contribution is -2.34. The summed E-state index contributed by atoms with van der Waals surface area (Å²) in [5.74, 6) is -1.47. The molecule has 1 saturated heterocycles. The predicted octanol–water partition coefficient (Wildman–Crippen LogP) is -0.597. The zero-order valence-corrected chi connectivity index (χ0v) is 6.95. The maximum atomic E-state index is 11.2. The number of carboxylic acids is 1. The SMILES string of the molecule is O=C(O)CCC(=O)N1CCNC1=O. The monoisotopic (exact) mass is 186 g/mol. The molecule has 6 heteroatoms. The summed E-state index contributed by atoms with van der Waals surface area (Å²) < 4.78 is 0. The van der Waals surface area contributed by atoms with E-state index >= 15 is 0 Å². The standard InChI is InChI=1S/C7H10N2O4/c10-5(1-2-6(11)12)9-4-3-8-7(9)13/h1-4H2,(H,8,13)(H,11,12). The van der Waals surface area contributed by atoms with Crippen LogP contribution in [0.25, 0.3) is 0 Å². The fourth-order valence-corrected chi connectivity index (χ4v) is 1.06. The van der Waals surface area contributed by atoms with Gasteiger partial charge in [-0.1, -0.05) is 0 Å². The molecule has 72 valence electrons. The van der Waals surface area contributed by atoms with E-state index in [0.717, 1.165) is 4.90 Å². The molecule has 6 nitrogen and oxygen atoms in total. The van der Waals surface area contributed by atoms with Crippen LogP contribution in [0.15, 0.2) is 0 Å². The van der Waals surface area contributed by atoms with Gasteiger partial charge in [-0.2, -0.15) is 0 Å². The van der Waals surface area contributed by atoms with Crippen molar-refractivity contribution in [2.75, 3.05) is 13.1 Å². The second-order valence-corrected chi connectivity index (χ2v) is 2.67. The molecule has 1 rings (SSSR count). The first kappa shape index (κ1) is 9.50. The Labute approximate surface area is 74.5 Å². The molecular weight excluding hydrogens is 176 g/mol. The molecule has 0 atom stereocenters. The van der Waals surface area contributed by atoms with Gasteiger partial charge in [-0.3, -0.25) is 14.5 Å². The highest BCUT2D eigenvalue weighted by Gasteiger charge is 2.25. The third-order valence-corrected chi connectivity index (χ3v) is 1.71. The van der Waals surface area contributed by atoms with Gasteiger partial charge >= 0.3 is 12.0 Å². The Morgan fingerprint density at radius 2 is 2.15 bits per heavy atom. The average molecular weight is 186 g/mol. The summed E-state index contributed by atoms with van der Waals surface area (Å²) >= 11 is 0. The van der Waals surface area contributed by atoms with Crippen LogP contribution >= 0.6 is 0 Å². The van der Waals surface area contributed by atoms with Crippen molar-refractivity contribution in [3.05, 3.63) is 0 Å². The van der Waals surface area contributed by atoms with Gasteiger partial charge < -0.3 is 10.4 Å². The van der Waals surface area contributed by atoms with Gasteiger partial charge in [-0.15, -0.1) is 0 Å². The van der Waals surface area contributed by atoms with Gasteiger partial charge in [0.1, 0.15) is 0 Å². The van der Waals surface area contributed by atoms with Gasteiger partial charge in [0.15, 0.2) is 0 Å². The summed E-state index contributed by atoms with van der Waals surface area (Å²) in [5.41, 5.74) is 0. The Hall–Kier alpha value is -1.59. The number of carbonyl (C=O) groups excluding carboxylic acids is 2. The molecule has 2 N–H and O–H groups in total. The number of imide groups is 1. The Morgan fingerprint density at radius 1 is 1.46 bits per heavy atom. The van der Waals surface area contributed by atoms with E-state index in [-0.39, 0.29) is 12.8 Å². The molecule has 0 radical (unpaired) electrons. The van der Waals surface area contributed by atoms with Crippen LogP contribution in [-0.4, -0.2) is 41.0 Å². The average Bonchev–Trinajstić information content (AvgIpc) is 2.47. The van der Waals surface area contributed by atoms with E-state index in [1.807, 2.05) is 0 Å². The van der Waals surface area contributed by atoms with Crippen LogP contribution in [0.3, 0.4) is 0 Å². The molecule has 0 aliphatic carbocycles. The molecule has 0 aromatic rings. The molecule has 0 unspecified atom stereocenters. The maximum Gasteiger partial charge on any atom is 0.324 e. The van der Waals surface area contributed by atoms with Crippen LogP contribution in [0.4, 0.5) is 4.79 Å². The molecule has 13 heavy (non-hydrogen) atoms. The number of urea groups is 1. The van der Waals surface area contributed by atoms with E-state index in [0.29, 0.717) is 13.1 Å². The summed E-state index contributed by atoms with van der Waals surface area (Å²) in [6.45, 7) is 0.773. The smallest absolute Gasteiger partial charge is 0.324 e. The van der Waals surface area contributed by atoms with Crippen LogP contribution in [0.2, 0.25) is 0 Å². The number of hydrogen-bond donors (Lipinski definition) is 2. The van der Waals surface area contributed by atoms with Crippen LogP contribution in [0.5, 0.6) is 0 Å². The Bertz CT molecular complexity index is 251. The molecule has 0 spiro atoms. The number of nitrogens with zero attached hydrogens (tertiary/aromatic N) is 1. The van der Waals surface area contributed by atoms with E-state index in [2.05, 4.69) is 5.32 Å². The van der Waals surface area contributed by atoms with Crippen LogP contribution in [0.1, 0.15) is 12.8 Å². The van der Waals surface area contributed by atoms with Gasteiger partial charge in [-0.25, -0.2) is 4.79 Å². The highest BCUT2D eigenvalue weighted by Crippen LogP contribution is 2.02. The lowest BCUT2D eigenvalue weighted by molar-refractivity contribution is -0.140. The highest BCUT2D eigenvalue weighted by atomic mass is 16.4. The minimum atomic E-state index is -1.03. The molecule has 1 heterocycles. The zero-order chi connectivity index (χ0) is 9.84. The lowest BCUT2D eigenvalue weighted by atomic mass is 10.3. The number of aliphatic carboxylic acids is 1. The number of carboxylic acid groups (broad SMARTS) is 1. The predicted molar refractivity (Wildman–Crippen MR) is 42.0 cm³/mol. The molecule has 1 aliphatic heterocycles. The van der Waals surface area contributed by atoms with Gasteiger partial charge in [-0.05, 0) is 0 Å². The second-order valence-electron chi connectivity index (χ2n) is 2.67. The van der Waals surface area contributed by atoms with Crippen molar-refractivity contribution in [1.29, 1.82) is 0 Å². The minimum absolute atomic E-state index is 0.122. The van der Waals surface area contributed by atoms with Gasteiger partial charge in [0.25, 0.3) is 0 Å². The first-order valence-electron chi connectivity index (χ1n) is 3.91. The highest BCUT2D eigenvalue weighted by molar-refractivity contribution is 5.96. The summed E-state index contributed by atoms with van der Waals surface area (Å²) in [5, 5.41) is 10.8. The quantitative estimate of drug-likeness (QED) is 0.616. The van der Waals surface area contributed by atoms with Crippen molar-refractivity contribution in [1.82, 2.24) is 10.2 Å². The van der Waals surface area contributed by atoms with Crippen molar-refractivity contribution < 1.29 is 19.5 Å². The fourth-order valence-electron chi connectivity index (χ4n) is 1.06. The molecule has 1 aliphatic rings. The van der Waals surface area contributed by atoms with Crippen molar-refractivity contribution in [2.45, 2.75) is 12.8 Å². The number of hydrogen-bond acceptors (Lipinski definition) is 3. The van der Waals surface area contributed by atoms with E-state index in [9.17, 15) is 14.4 Å². The molecule has 3 amide bonds. The zero-order valence-electron chi connectivity index (χ0n) is 6.95. The first-order valence-corrected chi connectivity index (χ1v) is 3.91. The molecule has 0 aromatic carbocycles. The van der Waals surface area contributed by atoms with E-state index in [1.165, 1.54) is 0 Å². The Kier molecular flexibility index (Phi) is 2.84. The summed E-state index contributed by atoms with van der Waals surface area (Å²) in [4.78, 5) is 33.2. The van der Waals surface area contributed by atoms with Crippen molar-refractivity contribution in [2.24, 2.45) is 0 Å². The minimum Gasteiger partial charge on any atom is -0.481 e. The maximum absolute atomic E-state index is 11.2. The largest absolute Gasteiger partial charge is 0.481 e. The van der Waals surface area contributed by atoms with Crippen LogP contribution in [-0.2, 0) is 9.59 Å².